The van der Waals surface area contributed by atoms with Crippen molar-refractivity contribution in [2.75, 3.05) is 10.6 Å². The van der Waals surface area contributed by atoms with Crippen LogP contribution < -0.4 is 16.2 Å². The number of carbonyl (C=O) groups is 2. The molecule has 0 aliphatic carbocycles. The van der Waals surface area contributed by atoms with Crippen molar-refractivity contribution in [1.82, 2.24) is 9.55 Å². The Balaban J connectivity index is 1.44. The third-order valence-corrected chi connectivity index (χ3v) is 4.71. The van der Waals surface area contributed by atoms with Crippen LogP contribution in [0, 0.1) is 5.92 Å². The highest BCUT2D eigenvalue weighted by atomic mass is 16.3. The minimum Gasteiger partial charge on any atom is -0.448 e. The van der Waals surface area contributed by atoms with E-state index in [2.05, 4.69) is 15.6 Å². The number of rotatable bonds is 6. The number of aromatic nitrogens is 2. The average Bonchev–Trinajstić information content (AvgIpc) is 3.10. The molecule has 0 atom stereocenters. The zero-order chi connectivity index (χ0) is 22.0. The van der Waals surface area contributed by atoms with Crippen molar-refractivity contribution in [2.45, 2.75) is 26.8 Å². The molecule has 2 N–H and O–H groups in total. The van der Waals surface area contributed by atoms with Crippen LogP contribution in [0.25, 0.3) is 22.1 Å². The minimum absolute atomic E-state index is 0.0559. The molecule has 2 heterocycles. The number of amides is 2. The number of fused-ring (bicyclic) bond motifs is 3. The molecule has 158 valence electrons. The Hall–Kier alpha value is -3.94. The Bertz CT molecular complexity index is 1320. The Kier molecular flexibility index (Phi) is 5.53. The summed E-state index contributed by atoms with van der Waals surface area (Å²) in [7, 11) is 0. The number of nitrogens with one attached hydrogen (secondary N) is 2. The largest absolute Gasteiger partial charge is 0.448 e. The molecule has 31 heavy (non-hydrogen) atoms. The second-order valence-electron chi connectivity index (χ2n) is 7.73. The first-order valence-electron chi connectivity index (χ1n) is 9.97. The van der Waals surface area contributed by atoms with Gasteiger partial charge in [-0.3, -0.25) is 19.0 Å². The fourth-order valence-corrected chi connectivity index (χ4v) is 3.30. The van der Waals surface area contributed by atoms with Crippen molar-refractivity contribution < 1.29 is 14.0 Å². The topological polar surface area (TPSA) is 106 Å². The quantitative estimate of drug-likeness (QED) is 0.496. The number of carbonyl (C=O) groups excluding carboxylic acids is 2. The van der Waals surface area contributed by atoms with Gasteiger partial charge in [-0.25, -0.2) is 4.98 Å². The van der Waals surface area contributed by atoms with Crippen LogP contribution >= 0.6 is 0 Å². The number of hydrogen-bond acceptors (Lipinski definition) is 5. The van der Waals surface area contributed by atoms with Gasteiger partial charge in [-0.15, -0.1) is 0 Å². The summed E-state index contributed by atoms with van der Waals surface area (Å²) < 4.78 is 6.84. The van der Waals surface area contributed by atoms with Gasteiger partial charge < -0.3 is 15.1 Å². The molecule has 0 bridgehead atoms. The molecule has 4 aromatic rings. The monoisotopic (exact) mass is 418 g/mol. The van der Waals surface area contributed by atoms with Gasteiger partial charge >= 0.3 is 0 Å². The lowest BCUT2D eigenvalue weighted by molar-refractivity contribution is -0.117. The molecule has 8 nitrogen and oxygen atoms in total. The van der Waals surface area contributed by atoms with E-state index in [1.165, 1.54) is 10.9 Å². The summed E-state index contributed by atoms with van der Waals surface area (Å²) in [4.78, 5) is 41.3. The van der Waals surface area contributed by atoms with Crippen LogP contribution in [0.3, 0.4) is 0 Å². The summed E-state index contributed by atoms with van der Waals surface area (Å²) in [6, 6.07) is 14.1. The highest BCUT2D eigenvalue weighted by molar-refractivity contribution is 6.01. The van der Waals surface area contributed by atoms with E-state index in [4.69, 9.17) is 4.42 Å². The van der Waals surface area contributed by atoms with Gasteiger partial charge in [-0.1, -0.05) is 26.0 Å². The molecule has 0 aliphatic heterocycles. The van der Waals surface area contributed by atoms with Crippen LogP contribution in [0.4, 0.5) is 11.4 Å². The lowest BCUT2D eigenvalue weighted by Crippen LogP contribution is -2.27. The van der Waals surface area contributed by atoms with Gasteiger partial charge in [0.15, 0.2) is 0 Å². The number of para-hydroxylation sites is 1. The van der Waals surface area contributed by atoms with Crippen LogP contribution in [0.15, 0.2) is 64.1 Å². The summed E-state index contributed by atoms with van der Waals surface area (Å²) in [5.41, 5.74) is 1.96. The zero-order valence-corrected chi connectivity index (χ0v) is 17.2. The molecular weight excluding hydrogens is 396 g/mol. The summed E-state index contributed by atoms with van der Waals surface area (Å²) in [6.07, 6.45) is 1.79. The van der Waals surface area contributed by atoms with E-state index in [1.54, 1.807) is 30.3 Å². The van der Waals surface area contributed by atoms with E-state index in [-0.39, 0.29) is 29.9 Å². The molecule has 2 amide bonds. The van der Waals surface area contributed by atoms with Crippen molar-refractivity contribution in [1.29, 1.82) is 0 Å². The molecule has 2 aromatic carbocycles. The first-order chi connectivity index (χ1) is 14.9. The maximum absolute atomic E-state index is 12.7. The second kappa shape index (κ2) is 8.43. The van der Waals surface area contributed by atoms with Crippen molar-refractivity contribution in [3.63, 3.8) is 0 Å². The molecule has 0 spiro atoms. The van der Waals surface area contributed by atoms with E-state index >= 15 is 0 Å². The maximum Gasteiger partial charge on any atom is 0.297 e. The smallest absolute Gasteiger partial charge is 0.297 e. The highest BCUT2D eigenvalue weighted by Gasteiger charge is 2.14. The Morgan fingerprint density at radius 2 is 1.65 bits per heavy atom. The Labute approximate surface area is 177 Å². The Morgan fingerprint density at radius 3 is 2.32 bits per heavy atom. The van der Waals surface area contributed by atoms with Crippen molar-refractivity contribution in [2.24, 2.45) is 5.92 Å². The van der Waals surface area contributed by atoms with Crippen LogP contribution in [0.2, 0.25) is 0 Å². The number of hydrogen-bond donors (Lipinski definition) is 2. The molecule has 8 heteroatoms. The normalized spacial score (nSPS) is 11.2. The van der Waals surface area contributed by atoms with Gasteiger partial charge in [0, 0.05) is 23.2 Å². The third kappa shape index (κ3) is 4.48. The van der Waals surface area contributed by atoms with Crippen LogP contribution in [0.5, 0.6) is 0 Å². The van der Waals surface area contributed by atoms with Crippen molar-refractivity contribution in [3.05, 3.63) is 65.2 Å². The third-order valence-electron chi connectivity index (χ3n) is 4.71. The zero-order valence-electron chi connectivity index (χ0n) is 17.2. The van der Waals surface area contributed by atoms with E-state index in [0.29, 0.717) is 28.9 Å². The van der Waals surface area contributed by atoms with Gasteiger partial charge in [-0.05, 0) is 42.3 Å². The lowest BCUT2D eigenvalue weighted by atomic mass is 10.1. The molecular formula is C23H22N4O4. The van der Waals surface area contributed by atoms with E-state index in [9.17, 15) is 14.4 Å². The Morgan fingerprint density at radius 1 is 1.00 bits per heavy atom. The molecule has 0 saturated carbocycles. The summed E-state index contributed by atoms with van der Waals surface area (Å²) in [6.45, 7) is 3.75. The number of anilines is 2. The average molecular weight is 418 g/mol. The molecule has 0 radical (unpaired) electrons. The maximum atomic E-state index is 12.7. The molecule has 0 saturated heterocycles. The number of nitrogens with zero attached hydrogens (tertiary/aromatic N) is 2. The predicted molar refractivity (Wildman–Crippen MR) is 119 cm³/mol. The van der Waals surface area contributed by atoms with Gasteiger partial charge in [0.1, 0.15) is 17.6 Å². The highest BCUT2D eigenvalue weighted by Crippen LogP contribution is 2.24. The van der Waals surface area contributed by atoms with Crippen LogP contribution in [-0.4, -0.2) is 21.4 Å². The minimum atomic E-state index is -0.417. The van der Waals surface area contributed by atoms with Gasteiger partial charge in [-0.2, -0.15) is 0 Å². The van der Waals surface area contributed by atoms with Crippen molar-refractivity contribution >= 4 is 45.3 Å². The molecule has 2 aromatic heterocycles. The van der Waals surface area contributed by atoms with Gasteiger partial charge in [0.25, 0.3) is 5.56 Å². The first kappa shape index (κ1) is 20.3. The first-order valence-corrected chi connectivity index (χ1v) is 9.97. The fraction of sp³-hybridized carbons (Fsp3) is 0.217. The molecule has 4 rings (SSSR count). The SMILES string of the molecule is CC(C)CC(=O)Nc1ccc(NC(=O)Cn2cnc3c(oc4ccccc43)c2=O)cc1. The van der Waals surface area contributed by atoms with E-state index < -0.39 is 5.56 Å². The summed E-state index contributed by atoms with van der Waals surface area (Å²) in [5.74, 6) is -0.161. The molecule has 0 unspecified atom stereocenters. The fourth-order valence-electron chi connectivity index (χ4n) is 3.30. The van der Waals surface area contributed by atoms with Crippen LogP contribution in [-0.2, 0) is 16.1 Å². The molecule has 0 aliphatic rings. The van der Waals surface area contributed by atoms with Gasteiger partial charge in [0.2, 0.25) is 17.4 Å². The summed E-state index contributed by atoms with van der Waals surface area (Å²) >= 11 is 0. The predicted octanol–water partition coefficient (Wildman–Crippen LogP) is 3.77. The number of furan rings is 1. The number of benzene rings is 2. The second-order valence-corrected chi connectivity index (χ2v) is 7.73. The standard InChI is InChI=1S/C23H22N4O4/c1-14(2)11-19(28)25-15-7-9-16(10-8-15)26-20(29)12-27-13-24-21-17-5-3-4-6-18(17)31-22(21)23(27)30/h3-10,13-14H,11-12H2,1-2H3,(H,25,28)(H,26,29). The lowest BCUT2D eigenvalue weighted by Gasteiger charge is -2.09. The van der Waals surface area contributed by atoms with Gasteiger partial charge in [0.05, 0.1) is 6.33 Å². The van der Waals surface area contributed by atoms with Crippen molar-refractivity contribution in [3.8, 4) is 0 Å². The summed E-state index contributed by atoms with van der Waals surface area (Å²) in [5, 5.41) is 6.30. The van der Waals surface area contributed by atoms with E-state index in [0.717, 1.165) is 5.39 Å². The van der Waals surface area contributed by atoms with E-state index in [1.807, 2.05) is 32.0 Å². The molecule has 0 fully saturated rings. The van der Waals surface area contributed by atoms with Crippen LogP contribution in [0.1, 0.15) is 20.3 Å².